The van der Waals surface area contributed by atoms with Crippen LogP contribution >= 0.6 is 0 Å². The quantitative estimate of drug-likeness (QED) is 0.332. The number of methoxy groups -OCH3 is 1. The third-order valence-corrected chi connectivity index (χ3v) is 8.77. The smallest absolute Gasteiger partial charge is 0.229 e. The zero-order chi connectivity index (χ0) is 24.8. The van der Waals surface area contributed by atoms with Gasteiger partial charge in [-0.2, -0.15) is 0 Å². The van der Waals surface area contributed by atoms with Gasteiger partial charge in [-0.05, 0) is 88.4 Å². The van der Waals surface area contributed by atoms with Crippen LogP contribution in [0.5, 0.6) is 0 Å². The topological polar surface area (TPSA) is 86.8 Å². The van der Waals surface area contributed by atoms with Gasteiger partial charge in [0.1, 0.15) is 12.3 Å². The molecule has 35 heavy (non-hydrogen) atoms. The third-order valence-electron chi connectivity index (χ3n) is 8.77. The average Bonchev–Trinajstić information content (AvgIpc) is 3.33. The Morgan fingerprint density at radius 3 is 2.54 bits per heavy atom. The summed E-state index contributed by atoms with van der Waals surface area (Å²) >= 11 is 0. The van der Waals surface area contributed by atoms with Crippen LogP contribution in [0.2, 0.25) is 0 Å². The van der Waals surface area contributed by atoms with E-state index < -0.39 is 12.3 Å². The lowest BCUT2D eigenvalue weighted by molar-refractivity contribution is -0.125. The lowest BCUT2D eigenvalue weighted by Crippen LogP contribution is -2.52. The molecule has 3 saturated carbocycles. The van der Waals surface area contributed by atoms with Crippen molar-refractivity contribution in [3.8, 4) is 0 Å². The minimum atomic E-state index is -0.816. The van der Waals surface area contributed by atoms with Crippen molar-refractivity contribution in [2.45, 2.75) is 115 Å². The molecule has 1 aliphatic heterocycles. The van der Waals surface area contributed by atoms with Crippen LogP contribution in [0.1, 0.15) is 84.0 Å². The van der Waals surface area contributed by atoms with E-state index in [9.17, 15) is 13.6 Å². The summed E-state index contributed by atoms with van der Waals surface area (Å²) in [7, 11) is 1.77. The summed E-state index contributed by atoms with van der Waals surface area (Å²) in [5.41, 5.74) is 6.69. The maximum Gasteiger partial charge on any atom is 0.229 e. The summed E-state index contributed by atoms with van der Waals surface area (Å²) in [4.78, 5) is 17.9. The number of hydrogen-bond donors (Lipinski definition) is 4. The summed E-state index contributed by atoms with van der Waals surface area (Å²) in [6.45, 7) is 2.53. The summed E-state index contributed by atoms with van der Waals surface area (Å²) < 4.78 is 33.1. The van der Waals surface area contributed by atoms with Crippen molar-refractivity contribution in [2.75, 3.05) is 13.7 Å². The van der Waals surface area contributed by atoms with Crippen molar-refractivity contribution >= 4 is 11.9 Å². The van der Waals surface area contributed by atoms with Gasteiger partial charge in [0.25, 0.3) is 0 Å². The zero-order valence-electron chi connectivity index (χ0n) is 21.4. The monoisotopic (exact) mass is 497 g/mol. The van der Waals surface area contributed by atoms with Gasteiger partial charge in [0.2, 0.25) is 5.91 Å². The van der Waals surface area contributed by atoms with Crippen LogP contribution in [-0.2, 0) is 9.53 Å². The van der Waals surface area contributed by atoms with Gasteiger partial charge in [0, 0.05) is 25.6 Å². The van der Waals surface area contributed by atoms with E-state index in [4.69, 9.17) is 9.73 Å². The lowest BCUT2D eigenvalue weighted by atomic mass is 9.81. The largest absolute Gasteiger partial charge is 0.381 e. The molecule has 0 aromatic rings. The van der Waals surface area contributed by atoms with Crippen molar-refractivity contribution in [1.82, 2.24) is 21.5 Å². The maximum atomic E-state index is 13.9. The number of halogens is 2. The number of carbonyl (C=O) groups excluding carboxylic acids is 1. The van der Waals surface area contributed by atoms with Crippen molar-refractivity contribution in [3.63, 3.8) is 0 Å². The highest BCUT2D eigenvalue weighted by molar-refractivity contribution is 5.98. The van der Waals surface area contributed by atoms with Gasteiger partial charge in [0.05, 0.1) is 12.3 Å². The fourth-order valence-corrected chi connectivity index (χ4v) is 6.41. The highest BCUT2D eigenvalue weighted by atomic mass is 19.1. The summed E-state index contributed by atoms with van der Waals surface area (Å²) in [6.07, 6.45) is 8.61. The Kier molecular flexibility index (Phi) is 9.75. The second-order valence-corrected chi connectivity index (χ2v) is 11.4. The molecule has 4 aliphatic rings. The molecule has 1 saturated heterocycles. The number of hydrazine groups is 1. The van der Waals surface area contributed by atoms with Crippen molar-refractivity contribution in [1.29, 1.82) is 0 Å². The van der Waals surface area contributed by atoms with E-state index >= 15 is 0 Å². The fourth-order valence-electron chi connectivity index (χ4n) is 6.41. The number of alkyl halides is 2. The molecule has 9 heteroatoms. The number of guanidine groups is 1. The van der Waals surface area contributed by atoms with Gasteiger partial charge in [-0.3, -0.25) is 20.5 Å². The Bertz CT molecular complexity index is 718. The van der Waals surface area contributed by atoms with Gasteiger partial charge < -0.3 is 10.1 Å². The molecule has 7 unspecified atom stereocenters. The molecule has 1 amide bonds. The molecule has 0 radical (unpaired) electrons. The van der Waals surface area contributed by atoms with Crippen LogP contribution in [0.25, 0.3) is 0 Å². The number of aliphatic imine (C=N–C) groups is 1. The first kappa shape index (κ1) is 26.7. The number of nitrogens with zero attached hydrogens (tertiary/aromatic N) is 1. The second kappa shape index (κ2) is 12.8. The Morgan fingerprint density at radius 1 is 1.00 bits per heavy atom. The van der Waals surface area contributed by atoms with E-state index in [1.165, 1.54) is 0 Å². The first-order valence-corrected chi connectivity index (χ1v) is 13.8. The molecule has 4 fully saturated rings. The number of amides is 1. The molecular weight excluding hydrogens is 452 g/mol. The highest BCUT2D eigenvalue weighted by Gasteiger charge is 2.35. The van der Waals surface area contributed by atoms with Crippen LogP contribution in [0, 0.1) is 23.7 Å². The van der Waals surface area contributed by atoms with Gasteiger partial charge in [-0.25, -0.2) is 14.2 Å². The minimum Gasteiger partial charge on any atom is -0.381 e. The van der Waals surface area contributed by atoms with Crippen LogP contribution in [0.15, 0.2) is 4.99 Å². The molecule has 0 spiro atoms. The molecular formula is C26H45F2N5O2. The zero-order valence-corrected chi connectivity index (χ0v) is 21.4. The third kappa shape index (κ3) is 7.59. The van der Waals surface area contributed by atoms with E-state index in [1.807, 2.05) is 6.92 Å². The van der Waals surface area contributed by atoms with Crippen molar-refractivity contribution in [3.05, 3.63) is 0 Å². The fraction of sp³-hybridized carbons (Fsp3) is 0.923. The number of rotatable bonds is 6. The van der Waals surface area contributed by atoms with Crippen molar-refractivity contribution < 1.29 is 18.3 Å². The number of nitrogens with one attached hydrogen (secondary N) is 4. The van der Waals surface area contributed by atoms with Gasteiger partial charge >= 0.3 is 0 Å². The Morgan fingerprint density at radius 2 is 1.80 bits per heavy atom. The van der Waals surface area contributed by atoms with E-state index in [0.29, 0.717) is 56.4 Å². The predicted molar refractivity (Wildman–Crippen MR) is 133 cm³/mol. The molecule has 0 bridgehead atoms. The minimum absolute atomic E-state index is 0.0688. The molecule has 0 aromatic carbocycles. The van der Waals surface area contributed by atoms with Crippen LogP contribution < -0.4 is 21.5 Å². The number of hydrogen-bond acceptors (Lipinski definition) is 5. The molecule has 0 aromatic heterocycles. The summed E-state index contributed by atoms with van der Waals surface area (Å²) in [5.74, 6) is 1.04. The molecule has 7 atom stereocenters. The average molecular weight is 498 g/mol. The highest BCUT2D eigenvalue weighted by Crippen LogP contribution is 2.32. The van der Waals surface area contributed by atoms with Crippen LogP contribution in [0.3, 0.4) is 0 Å². The second-order valence-electron chi connectivity index (χ2n) is 11.4. The van der Waals surface area contributed by atoms with Gasteiger partial charge in [-0.15, -0.1) is 0 Å². The van der Waals surface area contributed by atoms with Crippen molar-refractivity contribution in [2.24, 2.45) is 28.7 Å². The Balaban J connectivity index is 1.35. The summed E-state index contributed by atoms with van der Waals surface area (Å²) in [6, 6.07) is 0.276. The number of ether oxygens (including phenoxy) is 1. The van der Waals surface area contributed by atoms with Gasteiger partial charge in [0.15, 0.2) is 5.96 Å². The SMILES string of the molecule is COC1CCCC(CN=C(NC(=O)C2CCC(F)C(C)C2)NC2CC(C3CCC(F)CC3)NN2)C1. The van der Waals surface area contributed by atoms with Crippen LogP contribution in [-0.4, -0.2) is 56.2 Å². The van der Waals surface area contributed by atoms with Crippen LogP contribution in [0.4, 0.5) is 8.78 Å². The normalized spacial score (nSPS) is 40.9. The standard InChI is InChI=1S/C26H45F2N5O2/c1-16-12-19(8-11-22(16)28)25(34)31-26(29-15-17-4-3-5-21(13-17)35-2)30-24-14-23(32-33-24)18-6-9-20(27)10-7-18/h16-24,32-33H,3-15H2,1-2H3,(H2,29,30,31,34). The molecule has 200 valence electrons. The van der Waals surface area contributed by atoms with E-state index in [1.54, 1.807) is 7.11 Å². The molecule has 1 heterocycles. The Hall–Kier alpha value is -1.32. The lowest BCUT2D eigenvalue weighted by Gasteiger charge is -2.30. The summed E-state index contributed by atoms with van der Waals surface area (Å²) in [5, 5.41) is 6.46. The molecule has 4 rings (SSSR count). The molecule has 3 aliphatic carbocycles. The van der Waals surface area contributed by atoms with E-state index in [-0.39, 0.29) is 36.1 Å². The van der Waals surface area contributed by atoms with E-state index in [0.717, 1.165) is 44.9 Å². The first-order valence-electron chi connectivity index (χ1n) is 13.8. The Labute approximate surface area is 209 Å². The van der Waals surface area contributed by atoms with E-state index in [2.05, 4.69) is 21.5 Å². The predicted octanol–water partition coefficient (Wildman–Crippen LogP) is 3.75. The molecule has 7 nitrogen and oxygen atoms in total. The molecule has 4 N–H and O–H groups in total. The first-order chi connectivity index (χ1) is 16.9. The number of carbonyl (C=O) groups is 1. The van der Waals surface area contributed by atoms with Gasteiger partial charge in [-0.1, -0.05) is 13.3 Å². The maximum absolute atomic E-state index is 13.9.